The highest BCUT2D eigenvalue weighted by Crippen LogP contribution is 2.10. The molecule has 1 atom stereocenters. The van der Waals surface area contributed by atoms with E-state index in [1.165, 1.54) is 0 Å². The van der Waals surface area contributed by atoms with Crippen molar-refractivity contribution in [2.24, 2.45) is 5.73 Å². The van der Waals surface area contributed by atoms with Crippen LogP contribution in [-0.2, 0) is 14.3 Å². The molecule has 0 saturated carbocycles. The fourth-order valence-electron chi connectivity index (χ4n) is 2.73. The lowest BCUT2D eigenvalue weighted by Crippen LogP contribution is -2.46. The lowest BCUT2D eigenvalue weighted by molar-refractivity contribution is -0.157. The lowest BCUT2D eigenvalue weighted by Gasteiger charge is -2.28. The Morgan fingerprint density at radius 3 is 2.80 bits per heavy atom. The molecule has 2 fully saturated rings. The van der Waals surface area contributed by atoms with Crippen molar-refractivity contribution < 1.29 is 14.3 Å². The van der Waals surface area contributed by atoms with E-state index in [4.69, 9.17) is 15.2 Å². The summed E-state index contributed by atoms with van der Waals surface area (Å²) in [5.74, 6) is 0.0912. The molecule has 6 nitrogen and oxygen atoms in total. The molecule has 2 aliphatic heterocycles. The van der Waals surface area contributed by atoms with E-state index in [-0.39, 0.29) is 5.91 Å². The third-order valence-electron chi connectivity index (χ3n) is 3.92. The van der Waals surface area contributed by atoms with Crippen LogP contribution >= 0.6 is 0 Å². The van der Waals surface area contributed by atoms with E-state index in [1.54, 1.807) is 0 Å². The minimum atomic E-state index is -0.396. The highest BCUT2D eigenvalue weighted by atomic mass is 16.6. The average Bonchev–Trinajstić information content (AvgIpc) is 2.73. The molecule has 0 bridgehead atoms. The number of carbonyl (C=O) groups is 1. The van der Waals surface area contributed by atoms with Gasteiger partial charge < -0.3 is 25.0 Å². The van der Waals surface area contributed by atoms with Gasteiger partial charge in [-0.25, -0.2) is 0 Å². The first-order valence-corrected chi connectivity index (χ1v) is 7.72. The highest BCUT2D eigenvalue weighted by Gasteiger charge is 2.28. The number of unbranched alkanes of at least 4 members (excludes halogenated alkanes) is 1. The maximum Gasteiger partial charge on any atom is 0.254 e. The standard InChI is InChI=1S/C14H27N3O3/c15-4-1-2-5-16-6-3-7-17(9-8-16)14(18)13-12-19-10-11-20-13/h13H,1-12,15H2. The summed E-state index contributed by atoms with van der Waals surface area (Å²) in [5.41, 5.74) is 5.52. The van der Waals surface area contributed by atoms with Crippen molar-refractivity contribution in [2.45, 2.75) is 25.4 Å². The van der Waals surface area contributed by atoms with E-state index in [0.29, 0.717) is 19.8 Å². The smallest absolute Gasteiger partial charge is 0.254 e. The largest absolute Gasteiger partial charge is 0.376 e. The maximum absolute atomic E-state index is 12.4. The van der Waals surface area contributed by atoms with Crippen molar-refractivity contribution in [1.29, 1.82) is 0 Å². The number of nitrogens with two attached hydrogens (primary N) is 1. The van der Waals surface area contributed by atoms with Crippen LogP contribution in [-0.4, -0.2) is 80.9 Å². The van der Waals surface area contributed by atoms with E-state index in [0.717, 1.165) is 58.5 Å². The Bertz CT molecular complexity index is 295. The molecule has 0 radical (unpaired) electrons. The quantitative estimate of drug-likeness (QED) is 0.701. The zero-order valence-corrected chi connectivity index (χ0v) is 12.3. The summed E-state index contributed by atoms with van der Waals surface area (Å²) in [6.45, 7) is 7.00. The first-order valence-electron chi connectivity index (χ1n) is 7.72. The summed E-state index contributed by atoms with van der Waals surface area (Å²) in [5, 5.41) is 0. The second kappa shape index (κ2) is 8.56. The molecule has 116 valence electrons. The topological polar surface area (TPSA) is 68.0 Å². The maximum atomic E-state index is 12.4. The molecule has 0 aromatic heterocycles. The number of rotatable bonds is 5. The molecular formula is C14H27N3O3. The first-order chi connectivity index (χ1) is 9.81. The van der Waals surface area contributed by atoms with Gasteiger partial charge in [-0.15, -0.1) is 0 Å². The molecule has 0 aromatic carbocycles. The van der Waals surface area contributed by atoms with Crippen molar-refractivity contribution in [3.8, 4) is 0 Å². The predicted octanol–water partition coefficient (Wildman–Crippen LogP) is -0.325. The molecule has 0 aromatic rings. The second-order valence-electron chi connectivity index (χ2n) is 5.45. The van der Waals surface area contributed by atoms with E-state index in [1.807, 2.05) is 4.90 Å². The van der Waals surface area contributed by atoms with Crippen molar-refractivity contribution in [3.63, 3.8) is 0 Å². The van der Waals surface area contributed by atoms with Gasteiger partial charge in [-0.05, 0) is 38.9 Å². The lowest BCUT2D eigenvalue weighted by atomic mass is 10.3. The van der Waals surface area contributed by atoms with Gasteiger partial charge in [-0.3, -0.25) is 4.79 Å². The van der Waals surface area contributed by atoms with Gasteiger partial charge in [0.05, 0.1) is 19.8 Å². The zero-order valence-electron chi connectivity index (χ0n) is 12.3. The van der Waals surface area contributed by atoms with Gasteiger partial charge in [0.1, 0.15) is 0 Å². The summed E-state index contributed by atoms with van der Waals surface area (Å²) < 4.78 is 10.8. The molecule has 1 unspecified atom stereocenters. The molecule has 1 amide bonds. The molecule has 0 aliphatic carbocycles. The van der Waals surface area contributed by atoms with Crippen LogP contribution in [0.1, 0.15) is 19.3 Å². The van der Waals surface area contributed by atoms with E-state index >= 15 is 0 Å². The van der Waals surface area contributed by atoms with Crippen molar-refractivity contribution in [2.75, 3.05) is 59.1 Å². The van der Waals surface area contributed by atoms with Gasteiger partial charge in [0.2, 0.25) is 0 Å². The molecule has 20 heavy (non-hydrogen) atoms. The molecule has 6 heteroatoms. The Balaban J connectivity index is 1.75. The summed E-state index contributed by atoms with van der Waals surface area (Å²) in [6, 6.07) is 0. The number of nitrogens with zero attached hydrogens (tertiary/aromatic N) is 2. The number of hydrogen-bond donors (Lipinski definition) is 1. The summed E-state index contributed by atoms with van der Waals surface area (Å²) in [7, 11) is 0. The predicted molar refractivity (Wildman–Crippen MR) is 76.5 cm³/mol. The van der Waals surface area contributed by atoms with E-state index < -0.39 is 6.10 Å². The molecule has 2 saturated heterocycles. The van der Waals surface area contributed by atoms with Crippen LogP contribution in [0.4, 0.5) is 0 Å². The summed E-state index contributed by atoms with van der Waals surface area (Å²) >= 11 is 0. The minimum absolute atomic E-state index is 0.0912. The monoisotopic (exact) mass is 285 g/mol. The number of ether oxygens (including phenoxy) is 2. The highest BCUT2D eigenvalue weighted by molar-refractivity contribution is 5.81. The average molecular weight is 285 g/mol. The van der Waals surface area contributed by atoms with E-state index in [9.17, 15) is 4.79 Å². The number of carbonyl (C=O) groups excluding carboxylic acids is 1. The number of amides is 1. The normalized spacial score (nSPS) is 25.4. The van der Waals surface area contributed by atoms with Crippen LogP contribution in [0.25, 0.3) is 0 Å². The Hall–Kier alpha value is -0.690. The van der Waals surface area contributed by atoms with Crippen molar-refractivity contribution in [1.82, 2.24) is 9.80 Å². The SMILES string of the molecule is NCCCCN1CCCN(C(=O)C2COCCO2)CC1. The van der Waals surface area contributed by atoms with Gasteiger partial charge in [-0.1, -0.05) is 0 Å². The minimum Gasteiger partial charge on any atom is -0.376 e. The van der Waals surface area contributed by atoms with Crippen LogP contribution < -0.4 is 5.73 Å². The third kappa shape index (κ3) is 4.70. The first kappa shape index (κ1) is 15.7. The number of hydrogen-bond acceptors (Lipinski definition) is 5. The Morgan fingerprint density at radius 2 is 2.05 bits per heavy atom. The van der Waals surface area contributed by atoms with Crippen LogP contribution in [0.2, 0.25) is 0 Å². The summed E-state index contributed by atoms with van der Waals surface area (Å²) in [4.78, 5) is 16.7. The molecule has 2 aliphatic rings. The molecule has 2 rings (SSSR count). The van der Waals surface area contributed by atoms with Crippen LogP contribution in [0.3, 0.4) is 0 Å². The van der Waals surface area contributed by atoms with E-state index in [2.05, 4.69) is 4.90 Å². The van der Waals surface area contributed by atoms with Crippen molar-refractivity contribution in [3.05, 3.63) is 0 Å². The van der Waals surface area contributed by atoms with Gasteiger partial charge in [0.15, 0.2) is 6.10 Å². The Kier molecular flexibility index (Phi) is 6.72. The fraction of sp³-hybridized carbons (Fsp3) is 0.929. The van der Waals surface area contributed by atoms with Gasteiger partial charge in [0.25, 0.3) is 5.91 Å². The second-order valence-corrected chi connectivity index (χ2v) is 5.45. The van der Waals surface area contributed by atoms with Crippen LogP contribution in [0.5, 0.6) is 0 Å². The Morgan fingerprint density at radius 1 is 1.15 bits per heavy atom. The third-order valence-corrected chi connectivity index (χ3v) is 3.92. The van der Waals surface area contributed by atoms with Crippen LogP contribution in [0, 0.1) is 0 Å². The van der Waals surface area contributed by atoms with Gasteiger partial charge in [-0.2, -0.15) is 0 Å². The van der Waals surface area contributed by atoms with Crippen LogP contribution in [0.15, 0.2) is 0 Å². The molecule has 0 spiro atoms. The fourth-order valence-corrected chi connectivity index (χ4v) is 2.73. The zero-order chi connectivity index (χ0) is 14.2. The Labute approximate surface area is 121 Å². The van der Waals surface area contributed by atoms with Gasteiger partial charge >= 0.3 is 0 Å². The molecule has 2 heterocycles. The summed E-state index contributed by atoms with van der Waals surface area (Å²) in [6.07, 6.45) is 2.85. The molecule has 2 N–H and O–H groups in total. The molecular weight excluding hydrogens is 258 g/mol. The van der Waals surface area contributed by atoms with Crippen molar-refractivity contribution >= 4 is 5.91 Å². The van der Waals surface area contributed by atoms with Gasteiger partial charge in [0, 0.05) is 19.6 Å².